The number of rotatable bonds is 7. The quantitative estimate of drug-likeness (QED) is 0.188. The predicted octanol–water partition coefficient (Wildman–Crippen LogP) is 9.51. The third-order valence-corrected chi connectivity index (χ3v) is 7.92. The van der Waals surface area contributed by atoms with Crippen molar-refractivity contribution in [2.45, 2.75) is 0 Å². The minimum atomic E-state index is 0.632. The summed E-state index contributed by atoms with van der Waals surface area (Å²) < 4.78 is 12.8. The van der Waals surface area contributed by atoms with E-state index < -0.39 is 0 Å². The van der Waals surface area contributed by atoms with Crippen LogP contribution in [0, 0.1) is 0 Å². The summed E-state index contributed by atoms with van der Waals surface area (Å²) in [6, 6.07) is 34.5. The first-order valence-corrected chi connectivity index (χ1v) is 14.5. The van der Waals surface area contributed by atoms with Crippen molar-refractivity contribution in [2.75, 3.05) is 14.2 Å². The van der Waals surface area contributed by atoms with E-state index in [0.29, 0.717) is 5.84 Å². The molecule has 1 aromatic heterocycles. The highest BCUT2D eigenvalue weighted by Gasteiger charge is 2.21. The lowest BCUT2D eigenvalue weighted by Gasteiger charge is -2.06. The first-order chi connectivity index (χ1) is 20.0. The molecule has 0 amide bonds. The first kappa shape index (κ1) is 27.0. The number of hydrogen-bond acceptors (Lipinski definition) is 3. The van der Waals surface area contributed by atoms with Crippen molar-refractivity contribution in [3.63, 3.8) is 0 Å². The highest BCUT2D eigenvalue weighted by Crippen LogP contribution is 2.38. The van der Waals surface area contributed by atoms with Crippen molar-refractivity contribution in [3.8, 4) is 33.9 Å². The minimum absolute atomic E-state index is 0.632. The van der Waals surface area contributed by atoms with E-state index in [-0.39, 0.29) is 0 Å². The highest BCUT2D eigenvalue weighted by molar-refractivity contribution is 9.10. The van der Waals surface area contributed by atoms with E-state index in [9.17, 15) is 0 Å². The molecule has 0 saturated heterocycles. The monoisotopic (exact) mass is 665 g/mol. The van der Waals surface area contributed by atoms with Crippen LogP contribution in [-0.4, -0.2) is 30.8 Å². The molecule has 0 unspecified atom stereocenters. The zero-order chi connectivity index (χ0) is 28.3. The predicted molar refractivity (Wildman–Crippen MR) is 175 cm³/mol. The number of aromatic amines is 1. The van der Waals surface area contributed by atoms with Gasteiger partial charge in [-0.3, -0.25) is 0 Å². The maximum Gasteiger partial charge on any atom is 0.162 e. The zero-order valence-electron chi connectivity index (χ0n) is 22.4. The Kier molecular flexibility index (Phi) is 7.72. The molecule has 0 fully saturated rings. The molecule has 0 atom stereocenters. The number of allylic oxidation sites excluding steroid dienone is 1. The maximum atomic E-state index is 5.39. The molecule has 0 saturated carbocycles. The number of aliphatic imine (C=N–C) groups is 2. The van der Waals surface area contributed by atoms with Gasteiger partial charge in [0.15, 0.2) is 5.84 Å². The van der Waals surface area contributed by atoms with Crippen LogP contribution >= 0.6 is 31.9 Å². The Morgan fingerprint density at radius 3 is 1.71 bits per heavy atom. The Hall–Kier alpha value is -4.20. The van der Waals surface area contributed by atoms with E-state index in [1.807, 2.05) is 72.8 Å². The van der Waals surface area contributed by atoms with Gasteiger partial charge in [-0.15, -0.1) is 0 Å². The van der Waals surface area contributed by atoms with Gasteiger partial charge in [-0.2, -0.15) is 0 Å². The van der Waals surface area contributed by atoms with E-state index in [1.165, 1.54) is 0 Å². The molecule has 5 nitrogen and oxygen atoms in total. The van der Waals surface area contributed by atoms with Gasteiger partial charge in [0.25, 0.3) is 0 Å². The van der Waals surface area contributed by atoms with Gasteiger partial charge < -0.3 is 14.5 Å². The number of H-pyrrole nitrogens is 1. The van der Waals surface area contributed by atoms with Crippen LogP contribution in [0.5, 0.6) is 11.5 Å². The second-order valence-corrected chi connectivity index (χ2v) is 11.2. The Morgan fingerprint density at radius 2 is 1.15 bits per heavy atom. The molecular formula is C34H25Br2N3O2. The van der Waals surface area contributed by atoms with Crippen LogP contribution in [0.3, 0.4) is 0 Å². The van der Waals surface area contributed by atoms with Crippen molar-refractivity contribution in [1.29, 1.82) is 0 Å². The molecule has 0 spiro atoms. The summed E-state index contributed by atoms with van der Waals surface area (Å²) in [6.45, 7) is 0. The fraction of sp³-hybridized carbons (Fsp3) is 0.0588. The summed E-state index contributed by atoms with van der Waals surface area (Å²) in [5.41, 5.74) is 7.83. The van der Waals surface area contributed by atoms with E-state index in [0.717, 1.165) is 71.1 Å². The molecule has 7 heteroatoms. The van der Waals surface area contributed by atoms with Crippen LogP contribution < -0.4 is 9.47 Å². The summed E-state index contributed by atoms with van der Waals surface area (Å²) in [6.07, 6.45) is 2.09. The lowest BCUT2D eigenvalue weighted by atomic mass is 10.0. The number of methoxy groups -OCH3 is 2. The topological polar surface area (TPSA) is 59.0 Å². The molecule has 5 aromatic rings. The summed E-state index contributed by atoms with van der Waals surface area (Å²) >= 11 is 7.07. The Balaban J connectivity index is 1.50. The van der Waals surface area contributed by atoms with Gasteiger partial charge in [0.05, 0.1) is 19.9 Å². The van der Waals surface area contributed by atoms with E-state index in [1.54, 1.807) is 14.2 Å². The van der Waals surface area contributed by atoms with Crippen LogP contribution in [0.25, 0.3) is 28.0 Å². The number of aromatic nitrogens is 1. The highest BCUT2D eigenvalue weighted by atomic mass is 79.9. The Bertz CT molecular complexity index is 1780. The second-order valence-electron chi connectivity index (χ2n) is 9.41. The summed E-state index contributed by atoms with van der Waals surface area (Å²) in [7, 11) is 3.34. The third kappa shape index (κ3) is 5.82. The number of ether oxygens (including phenoxy) is 2. The summed E-state index contributed by atoms with van der Waals surface area (Å²) in [5, 5.41) is 0. The molecule has 41 heavy (non-hydrogen) atoms. The van der Waals surface area contributed by atoms with Gasteiger partial charge in [0.1, 0.15) is 17.3 Å². The number of nitrogens with zero attached hydrogens (tertiary/aromatic N) is 2. The Morgan fingerprint density at radius 1 is 0.634 bits per heavy atom. The van der Waals surface area contributed by atoms with Gasteiger partial charge >= 0.3 is 0 Å². The molecule has 0 radical (unpaired) electrons. The second kappa shape index (κ2) is 11.7. The molecule has 1 aliphatic rings. The SMILES string of the molecule is COc1ccc(C2=CC(c3ccc(Br)cc3)=NC2=Nc2[nH]c(-c3ccc(Br)cc3)cc2-c2ccc(OC)cc2)cc1. The molecule has 1 N–H and O–H groups in total. The normalized spacial score (nSPS) is 13.7. The average molecular weight is 667 g/mol. The van der Waals surface area contributed by atoms with Crippen molar-refractivity contribution in [3.05, 3.63) is 129 Å². The van der Waals surface area contributed by atoms with Crippen LogP contribution in [0.15, 0.2) is 128 Å². The Labute approximate surface area is 255 Å². The van der Waals surface area contributed by atoms with E-state index in [4.69, 9.17) is 19.5 Å². The molecule has 0 aliphatic carbocycles. The van der Waals surface area contributed by atoms with Gasteiger partial charge in [-0.1, -0.05) is 80.4 Å². The summed E-state index contributed by atoms with van der Waals surface area (Å²) in [5.74, 6) is 2.95. The van der Waals surface area contributed by atoms with Crippen LogP contribution in [0.1, 0.15) is 11.1 Å². The zero-order valence-corrected chi connectivity index (χ0v) is 25.5. The summed E-state index contributed by atoms with van der Waals surface area (Å²) in [4.78, 5) is 13.7. The number of nitrogens with one attached hydrogen (secondary N) is 1. The van der Waals surface area contributed by atoms with Crippen LogP contribution in [-0.2, 0) is 0 Å². The third-order valence-electron chi connectivity index (χ3n) is 6.86. The van der Waals surface area contributed by atoms with Crippen LogP contribution in [0.4, 0.5) is 5.82 Å². The molecule has 1 aliphatic heterocycles. The number of benzene rings is 4. The number of halogens is 2. The van der Waals surface area contributed by atoms with Crippen LogP contribution in [0.2, 0.25) is 0 Å². The lowest BCUT2D eigenvalue weighted by Crippen LogP contribution is -1.96. The fourth-order valence-corrected chi connectivity index (χ4v) is 5.19. The van der Waals surface area contributed by atoms with Gasteiger partial charge in [0, 0.05) is 31.3 Å². The van der Waals surface area contributed by atoms with Crippen molar-refractivity contribution in [2.24, 2.45) is 9.98 Å². The molecule has 6 rings (SSSR count). The molecular weight excluding hydrogens is 642 g/mol. The van der Waals surface area contributed by atoms with Gasteiger partial charge in [0.2, 0.25) is 0 Å². The molecule has 2 heterocycles. The largest absolute Gasteiger partial charge is 0.497 e. The fourth-order valence-electron chi connectivity index (χ4n) is 4.66. The number of hydrogen-bond donors (Lipinski definition) is 1. The number of amidine groups is 1. The smallest absolute Gasteiger partial charge is 0.162 e. The van der Waals surface area contributed by atoms with Crippen molar-refractivity contribution in [1.82, 2.24) is 4.98 Å². The molecule has 4 aromatic carbocycles. The molecule has 0 bridgehead atoms. The van der Waals surface area contributed by atoms with Gasteiger partial charge in [-0.25, -0.2) is 9.98 Å². The van der Waals surface area contributed by atoms with E-state index in [2.05, 4.69) is 73.3 Å². The van der Waals surface area contributed by atoms with Crippen molar-refractivity contribution < 1.29 is 9.47 Å². The minimum Gasteiger partial charge on any atom is -0.497 e. The van der Waals surface area contributed by atoms with E-state index >= 15 is 0 Å². The average Bonchev–Trinajstić information content (AvgIpc) is 3.63. The lowest BCUT2D eigenvalue weighted by molar-refractivity contribution is 0.414. The van der Waals surface area contributed by atoms with Crippen molar-refractivity contribution >= 4 is 54.8 Å². The standard InChI is InChI=1S/C34H25Br2N3O2/c1-40-27-15-7-21(8-16-27)29-19-31(23-3-11-25(35)12-4-23)37-33(29)39-34-30(22-9-17-28(41-2)18-10-22)20-32(38-34)24-5-13-26(36)14-6-24/h3-20,37H,1-2H3. The molecule has 202 valence electrons. The first-order valence-electron chi connectivity index (χ1n) is 12.9. The van der Waals surface area contributed by atoms with Gasteiger partial charge in [-0.05, 0) is 77.4 Å². The maximum absolute atomic E-state index is 5.39.